The zero-order chi connectivity index (χ0) is 14.9. The number of ether oxygens (including phenoxy) is 1. The maximum absolute atomic E-state index is 13.0. The zero-order valence-electron chi connectivity index (χ0n) is 11.2. The Morgan fingerprint density at radius 2 is 1.95 bits per heavy atom. The third-order valence-corrected chi connectivity index (χ3v) is 3.79. The molecule has 6 heteroatoms. The van der Waals surface area contributed by atoms with Crippen molar-refractivity contribution in [1.82, 2.24) is 4.90 Å². The molecular weight excluding hydrogens is 265 g/mol. The second kappa shape index (κ2) is 5.58. The van der Waals surface area contributed by atoms with E-state index in [9.17, 15) is 19.1 Å². The number of hydrogen-bond acceptors (Lipinski definition) is 4. The number of carboxylic acids is 1. The van der Waals surface area contributed by atoms with Crippen molar-refractivity contribution in [2.75, 3.05) is 14.2 Å². The van der Waals surface area contributed by atoms with Crippen LogP contribution in [-0.4, -0.2) is 42.1 Å². The van der Waals surface area contributed by atoms with Crippen molar-refractivity contribution in [1.29, 1.82) is 0 Å². The highest BCUT2D eigenvalue weighted by molar-refractivity contribution is 5.79. The molecule has 0 spiro atoms. The number of rotatable bonds is 3. The summed E-state index contributed by atoms with van der Waals surface area (Å²) in [6.45, 7) is 0. The fourth-order valence-corrected chi connectivity index (χ4v) is 2.78. The Kier molecular flexibility index (Phi) is 4.04. The molecule has 1 aromatic carbocycles. The van der Waals surface area contributed by atoms with E-state index in [0.717, 1.165) is 0 Å². The van der Waals surface area contributed by atoms with Gasteiger partial charge < -0.3 is 9.84 Å². The zero-order valence-corrected chi connectivity index (χ0v) is 11.2. The van der Waals surface area contributed by atoms with E-state index in [2.05, 4.69) is 0 Å². The van der Waals surface area contributed by atoms with Gasteiger partial charge in [0.2, 0.25) is 0 Å². The van der Waals surface area contributed by atoms with E-state index >= 15 is 0 Å². The molecule has 3 atom stereocenters. The SMILES string of the molecule is COC(=O)[C@@H]1C[C@@H](C(=O)O)[C@@H](c2ccc(F)cc2)N1C. The summed E-state index contributed by atoms with van der Waals surface area (Å²) in [5.74, 6) is -2.54. The lowest BCUT2D eigenvalue weighted by atomic mass is 9.93. The quantitative estimate of drug-likeness (QED) is 0.849. The Labute approximate surface area is 116 Å². The maximum Gasteiger partial charge on any atom is 0.323 e. The molecule has 0 unspecified atom stereocenters. The molecular formula is C14H16FNO4. The van der Waals surface area contributed by atoms with Gasteiger partial charge in [0.1, 0.15) is 11.9 Å². The molecule has 2 rings (SSSR count). The van der Waals surface area contributed by atoms with E-state index in [1.165, 1.54) is 19.2 Å². The van der Waals surface area contributed by atoms with Crippen LogP contribution in [0, 0.1) is 11.7 Å². The fourth-order valence-electron chi connectivity index (χ4n) is 2.78. The molecule has 108 valence electrons. The van der Waals surface area contributed by atoms with Crippen molar-refractivity contribution in [3.63, 3.8) is 0 Å². The van der Waals surface area contributed by atoms with Gasteiger partial charge in [-0.05, 0) is 31.2 Å². The number of methoxy groups -OCH3 is 1. The van der Waals surface area contributed by atoms with Gasteiger partial charge in [0.15, 0.2) is 0 Å². The smallest absolute Gasteiger partial charge is 0.323 e. The normalized spacial score (nSPS) is 26.4. The van der Waals surface area contributed by atoms with E-state index in [4.69, 9.17) is 4.74 Å². The molecule has 0 saturated carbocycles. The van der Waals surface area contributed by atoms with Crippen LogP contribution in [0.1, 0.15) is 18.0 Å². The summed E-state index contributed by atoms with van der Waals surface area (Å²) >= 11 is 0. The number of hydrogen-bond donors (Lipinski definition) is 1. The van der Waals surface area contributed by atoms with Gasteiger partial charge in [-0.2, -0.15) is 0 Å². The first-order valence-corrected chi connectivity index (χ1v) is 6.23. The van der Waals surface area contributed by atoms with Crippen LogP contribution in [0.15, 0.2) is 24.3 Å². The molecule has 0 aromatic heterocycles. The first-order chi connectivity index (χ1) is 9.45. The predicted molar refractivity (Wildman–Crippen MR) is 68.5 cm³/mol. The maximum atomic E-state index is 13.0. The third-order valence-electron chi connectivity index (χ3n) is 3.79. The average Bonchev–Trinajstić information content (AvgIpc) is 2.77. The number of carbonyl (C=O) groups is 2. The first kappa shape index (κ1) is 14.5. The lowest BCUT2D eigenvalue weighted by molar-refractivity contribution is -0.145. The van der Waals surface area contributed by atoms with Crippen molar-refractivity contribution in [2.45, 2.75) is 18.5 Å². The van der Waals surface area contributed by atoms with Crippen molar-refractivity contribution in [2.24, 2.45) is 5.92 Å². The summed E-state index contributed by atoms with van der Waals surface area (Å²) in [7, 11) is 2.95. The van der Waals surface area contributed by atoms with E-state index in [0.29, 0.717) is 5.56 Å². The standard InChI is InChI=1S/C14H16FNO4/c1-16-11(14(19)20-2)7-10(13(17)18)12(16)8-3-5-9(15)6-4-8/h3-6,10-12H,7H2,1-2H3,(H,17,18)/t10-,11+,12-/m1/s1. The first-order valence-electron chi connectivity index (χ1n) is 6.23. The van der Waals surface area contributed by atoms with Crippen LogP contribution in [0.2, 0.25) is 0 Å². The van der Waals surface area contributed by atoms with Gasteiger partial charge in [0.05, 0.1) is 13.0 Å². The highest BCUT2D eigenvalue weighted by atomic mass is 19.1. The van der Waals surface area contributed by atoms with Gasteiger partial charge in [0.25, 0.3) is 0 Å². The van der Waals surface area contributed by atoms with Gasteiger partial charge in [0, 0.05) is 6.04 Å². The topological polar surface area (TPSA) is 66.8 Å². The minimum absolute atomic E-state index is 0.181. The molecule has 0 amide bonds. The van der Waals surface area contributed by atoms with Gasteiger partial charge in [-0.25, -0.2) is 4.39 Å². The number of nitrogens with zero attached hydrogens (tertiary/aromatic N) is 1. The molecule has 1 N–H and O–H groups in total. The predicted octanol–water partition coefficient (Wildman–Crippen LogP) is 1.44. The summed E-state index contributed by atoms with van der Waals surface area (Å²) in [5.41, 5.74) is 0.674. The number of aliphatic carboxylic acids is 1. The van der Waals surface area contributed by atoms with Crippen molar-refractivity contribution in [3.8, 4) is 0 Å². The summed E-state index contributed by atoms with van der Waals surface area (Å²) in [4.78, 5) is 24.8. The highest BCUT2D eigenvalue weighted by Crippen LogP contribution is 2.40. The molecule has 5 nitrogen and oxygen atoms in total. The number of likely N-dealkylation sites (N-methyl/N-ethyl adjacent to an activating group) is 1. The Morgan fingerprint density at radius 1 is 1.35 bits per heavy atom. The molecule has 1 aliphatic rings. The molecule has 1 aliphatic heterocycles. The number of halogens is 1. The molecule has 1 heterocycles. The highest BCUT2D eigenvalue weighted by Gasteiger charge is 2.47. The lowest BCUT2D eigenvalue weighted by Gasteiger charge is -2.25. The third kappa shape index (κ3) is 2.51. The molecule has 1 fully saturated rings. The Hall–Kier alpha value is -1.95. The van der Waals surface area contributed by atoms with Gasteiger partial charge >= 0.3 is 11.9 Å². The summed E-state index contributed by atoms with van der Waals surface area (Å²) in [6.07, 6.45) is 0.181. The Morgan fingerprint density at radius 3 is 2.45 bits per heavy atom. The number of carbonyl (C=O) groups excluding carboxylic acids is 1. The van der Waals surface area contributed by atoms with Crippen molar-refractivity contribution >= 4 is 11.9 Å². The van der Waals surface area contributed by atoms with Crippen LogP contribution >= 0.6 is 0 Å². The van der Waals surface area contributed by atoms with E-state index in [1.54, 1.807) is 24.1 Å². The second-order valence-corrected chi connectivity index (χ2v) is 4.88. The largest absolute Gasteiger partial charge is 0.481 e. The second-order valence-electron chi connectivity index (χ2n) is 4.88. The van der Waals surface area contributed by atoms with Gasteiger partial charge in [-0.3, -0.25) is 14.5 Å². The molecule has 20 heavy (non-hydrogen) atoms. The summed E-state index contributed by atoms with van der Waals surface area (Å²) < 4.78 is 17.7. The van der Waals surface area contributed by atoms with Crippen LogP contribution < -0.4 is 0 Å². The number of esters is 1. The van der Waals surface area contributed by atoms with E-state index in [-0.39, 0.29) is 12.2 Å². The minimum atomic E-state index is -0.974. The van der Waals surface area contributed by atoms with Crippen LogP contribution in [0.25, 0.3) is 0 Å². The van der Waals surface area contributed by atoms with Gasteiger partial charge in [-0.15, -0.1) is 0 Å². The van der Waals surface area contributed by atoms with Crippen LogP contribution in [-0.2, 0) is 14.3 Å². The number of likely N-dealkylation sites (tertiary alicyclic amines) is 1. The minimum Gasteiger partial charge on any atom is -0.481 e. The number of benzene rings is 1. The molecule has 0 aliphatic carbocycles. The molecule has 0 radical (unpaired) electrons. The van der Waals surface area contributed by atoms with Gasteiger partial charge in [-0.1, -0.05) is 12.1 Å². The van der Waals surface area contributed by atoms with E-state index < -0.39 is 29.9 Å². The molecule has 1 aromatic rings. The van der Waals surface area contributed by atoms with E-state index in [1.807, 2.05) is 0 Å². The van der Waals surface area contributed by atoms with Crippen LogP contribution in [0.5, 0.6) is 0 Å². The summed E-state index contributed by atoms with van der Waals surface area (Å²) in [6, 6.07) is 4.59. The van der Waals surface area contributed by atoms with Crippen LogP contribution in [0.4, 0.5) is 4.39 Å². The molecule has 0 bridgehead atoms. The van der Waals surface area contributed by atoms with Crippen LogP contribution in [0.3, 0.4) is 0 Å². The number of carboxylic acid groups (broad SMARTS) is 1. The average molecular weight is 281 g/mol. The monoisotopic (exact) mass is 281 g/mol. The van der Waals surface area contributed by atoms with Crippen molar-refractivity contribution in [3.05, 3.63) is 35.6 Å². The summed E-state index contributed by atoms with van der Waals surface area (Å²) in [5, 5.41) is 9.34. The molecule has 1 saturated heterocycles. The Bertz CT molecular complexity index is 516. The Balaban J connectivity index is 2.35. The fraction of sp³-hybridized carbons (Fsp3) is 0.429. The lowest BCUT2D eigenvalue weighted by Crippen LogP contribution is -2.35. The van der Waals surface area contributed by atoms with Crippen molar-refractivity contribution < 1.29 is 23.8 Å².